The summed E-state index contributed by atoms with van der Waals surface area (Å²) < 4.78 is 6.37. The molecule has 0 bridgehead atoms. The number of urea groups is 1. The number of nitrogens with two attached hydrogens (primary N) is 1. The molecule has 4 rings (SSSR count). The van der Waals surface area contributed by atoms with E-state index in [1.165, 1.54) is 28.3 Å². The van der Waals surface area contributed by atoms with Crippen molar-refractivity contribution in [3.05, 3.63) is 66.2 Å². The standard InChI is InChI=1S/C28H35N7O5S/c1-4-12-35(28(39)30-2)32(3)24-17-33(16-20-6-5-7-23-25(20)31-27(29)41-23)26(38)22(34(24)18-37)15-19-8-10-21(11-9-19)40-14-13-36/h4-11,18,22,24,36H,1,12-17H2,2-3H3,(H2,29,31)(H,30,39)/t22-,24+/m0/s1. The largest absolute Gasteiger partial charge is 0.491 e. The van der Waals surface area contributed by atoms with E-state index in [1.807, 2.05) is 30.3 Å². The quantitative estimate of drug-likeness (QED) is 0.166. The van der Waals surface area contributed by atoms with Crippen LogP contribution in [-0.2, 0) is 22.6 Å². The highest BCUT2D eigenvalue weighted by atomic mass is 32.1. The summed E-state index contributed by atoms with van der Waals surface area (Å²) in [5.74, 6) is 0.364. The van der Waals surface area contributed by atoms with Gasteiger partial charge in [0, 0.05) is 27.1 Å². The van der Waals surface area contributed by atoms with Gasteiger partial charge < -0.3 is 30.7 Å². The van der Waals surface area contributed by atoms with Crippen LogP contribution < -0.4 is 15.8 Å². The molecule has 0 spiro atoms. The predicted octanol–water partition coefficient (Wildman–Crippen LogP) is 1.66. The maximum absolute atomic E-state index is 14.0. The van der Waals surface area contributed by atoms with Gasteiger partial charge >= 0.3 is 6.03 Å². The van der Waals surface area contributed by atoms with E-state index < -0.39 is 12.2 Å². The molecule has 0 aliphatic carbocycles. The van der Waals surface area contributed by atoms with Gasteiger partial charge in [-0.25, -0.2) is 9.78 Å². The Morgan fingerprint density at radius 3 is 2.73 bits per heavy atom. The van der Waals surface area contributed by atoms with E-state index >= 15 is 0 Å². The summed E-state index contributed by atoms with van der Waals surface area (Å²) in [5, 5.41) is 15.2. The maximum Gasteiger partial charge on any atom is 0.332 e. The average molecular weight is 582 g/mol. The van der Waals surface area contributed by atoms with E-state index in [-0.39, 0.29) is 51.2 Å². The van der Waals surface area contributed by atoms with E-state index in [4.69, 9.17) is 15.6 Å². The number of para-hydroxylation sites is 1. The second-order valence-corrected chi connectivity index (χ2v) is 10.6. The second-order valence-electron chi connectivity index (χ2n) is 9.50. The van der Waals surface area contributed by atoms with Gasteiger partial charge in [0.2, 0.25) is 12.3 Å². The molecule has 1 aliphatic rings. The van der Waals surface area contributed by atoms with Gasteiger partial charge in [-0.05, 0) is 29.3 Å². The summed E-state index contributed by atoms with van der Waals surface area (Å²) in [7, 11) is 3.23. The normalized spacial score (nSPS) is 17.1. The molecule has 41 heavy (non-hydrogen) atoms. The number of thiazole rings is 1. The molecular weight excluding hydrogens is 546 g/mol. The third-order valence-corrected chi connectivity index (χ3v) is 7.81. The summed E-state index contributed by atoms with van der Waals surface area (Å²) in [6, 6.07) is 11.7. The van der Waals surface area contributed by atoms with Crippen molar-refractivity contribution < 1.29 is 24.2 Å². The van der Waals surface area contributed by atoms with Gasteiger partial charge in [-0.2, -0.15) is 5.01 Å². The number of aliphatic hydroxyl groups is 1. The van der Waals surface area contributed by atoms with Gasteiger partial charge in [0.1, 0.15) is 24.6 Å². The third kappa shape index (κ3) is 6.59. The number of piperazine rings is 1. The summed E-state index contributed by atoms with van der Waals surface area (Å²) in [5.41, 5.74) is 8.36. The number of nitrogens with one attached hydrogen (secondary N) is 1. The fourth-order valence-electron chi connectivity index (χ4n) is 4.95. The van der Waals surface area contributed by atoms with Crippen molar-refractivity contribution in [2.45, 2.75) is 25.2 Å². The van der Waals surface area contributed by atoms with E-state index in [0.29, 0.717) is 17.3 Å². The van der Waals surface area contributed by atoms with Gasteiger partial charge in [0.05, 0.1) is 29.9 Å². The van der Waals surface area contributed by atoms with Gasteiger partial charge in [-0.1, -0.05) is 41.7 Å². The lowest BCUT2D eigenvalue weighted by atomic mass is 9.99. The third-order valence-electron chi connectivity index (χ3n) is 6.96. The molecule has 2 heterocycles. The number of aromatic nitrogens is 1. The number of nitrogens with zero attached hydrogens (tertiary/aromatic N) is 5. The van der Waals surface area contributed by atoms with Crippen LogP contribution in [-0.4, -0.2) is 101 Å². The number of carbonyl (C=O) groups is 3. The first-order valence-electron chi connectivity index (χ1n) is 13.1. The number of hydrogen-bond donors (Lipinski definition) is 3. The summed E-state index contributed by atoms with van der Waals surface area (Å²) in [6.07, 6.45) is 1.85. The minimum absolute atomic E-state index is 0.0997. The van der Waals surface area contributed by atoms with Gasteiger partial charge in [-0.3, -0.25) is 14.6 Å². The molecule has 13 heteroatoms. The number of rotatable bonds is 12. The van der Waals surface area contributed by atoms with Crippen LogP contribution in [0.4, 0.5) is 9.93 Å². The number of likely N-dealkylation sites (N-methyl/N-ethyl adjacent to an activating group) is 1. The molecule has 4 N–H and O–H groups in total. The summed E-state index contributed by atoms with van der Waals surface area (Å²) in [6.45, 7) is 4.43. The number of ether oxygens (including phenoxy) is 1. The van der Waals surface area contributed by atoms with Crippen molar-refractivity contribution in [1.29, 1.82) is 0 Å². The van der Waals surface area contributed by atoms with Crippen LogP contribution in [0.1, 0.15) is 11.1 Å². The maximum atomic E-state index is 14.0. The van der Waals surface area contributed by atoms with E-state index in [1.54, 1.807) is 35.2 Å². The van der Waals surface area contributed by atoms with Crippen LogP contribution in [0.15, 0.2) is 55.1 Å². The van der Waals surface area contributed by atoms with Crippen LogP contribution >= 0.6 is 11.3 Å². The first-order chi connectivity index (χ1) is 19.8. The summed E-state index contributed by atoms with van der Waals surface area (Å²) in [4.78, 5) is 47.0. The van der Waals surface area contributed by atoms with Crippen molar-refractivity contribution in [2.24, 2.45) is 0 Å². The first kappa shape index (κ1) is 29.8. The molecule has 218 valence electrons. The molecule has 1 aliphatic heterocycles. The SMILES string of the molecule is C=CCN(C(=O)NC)N(C)[C@H]1CN(Cc2cccc3sc(N)nc23)C(=O)[C@H](Cc2ccc(OCCO)cc2)N1C=O. The number of nitrogen functional groups attached to an aromatic ring is 1. The van der Waals surface area contributed by atoms with Crippen LogP contribution in [0.2, 0.25) is 0 Å². The molecule has 2 atom stereocenters. The van der Waals surface area contributed by atoms with Gasteiger partial charge in [0.15, 0.2) is 5.13 Å². The number of carbonyl (C=O) groups excluding carboxylic acids is 3. The highest BCUT2D eigenvalue weighted by molar-refractivity contribution is 7.22. The fraction of sp³-hybridized carbons (Fsp3) is 0.357. The molecule has 1 fully saturated rings. The average Bonchev–Trinajstić information content (AvgIpc) is 3.37. The molecule has 2 aromatic carbocycles. The van der Waals surface area contributed by atoms with Gasteiger partial charge in [0.25, 0.3) is 0 Å². The molecular formula is C28H35N7O5S. The Morgan fingerprint density at radius 2 is 2.07 bits per heavy atom. The Labute approximate surface area is 242 Å². The smallest absolute Gasteiger partial charge is 0.332 e. The predicted molar refractivity (Wildman–Crippen MR) is 157 cm³/mol. The molecule has 3 aromatic rings. The minimum atomic E-state index is -0.840. The van der Waals surface area contributed by atoms with E-state index in [2.05, 4.69) is 16.9 Å². The zero-order valence-corrected chi connectivity index (χ0v) is 23.9. The summed E-state index contributed by atoms with van der Waals surface area (Å²) >= 11 is 1.38. The van der Waals surface area contributed by atoms with E-state index in [0.717, 1.165) is 21.3 Å². The number of amides is 4. The number of anilines is 1. The number of aliphatic hydroxyl groups excluding tert-OH is 1. The van der Waals surface area contributed by atoms with Crippen molar-refractivity contribution in [1.82, 2.24) is 30.1 Å². The lowest BCUT2D eigenvalue weighted by Crippen LogP contribution is -2.69. The Morgan fingerprint density at radius 1 is 1.32 bits per heavy atom. The monoisotopic (exact) mass is 581 g/mol. The van der Waals surface area contributed by atoms with E-state index in [9.17, 15) is 14.4 Å². The molecule has 0 unspecified atom stereocenters. The Balaban J connectivity index is 1.69. The molecule has 0 radical (unpaired) electrons. The van der Waals surface area contributed by atoms with Gasteiger partial charge in [-0.15, -0.1) is 6.58 Å². The lowest BCUT2D eigenvalue weighted by Gasteiger charge is -2.49. The van der Waals surface area contributed by atoms with Crippen LogP contribution in [0.25, 0.3) is 10.2 Å². The minimum Gasteiger partial charge on any atom is -0.491 e. The van der Waals surface area contributed by atoms with Crippen molar-refractivity contribution in [2.75, 3.05) is 46.1 Å². The van der Waals surface area contributed by atoms with Crippen molar-refractivity contribution >= 4 is 45.0 Å². The number of fused-ring (bicyclic) bond motifs is 1. The fourth-order valence-corrected chi connectivity index (χ4v) is 5.73. The highest BCUT2D eigenvalue weighted by Gasteiger charge is 2.43. The Hall–Kier alpha value is -4.20. The number of hydrogen-bond acceptors (Lipinski definition) is 9. The number of hydrazine groups is 1. The van der Waals surface area contributed by atoms with Crippen LogP contribution in [0.5, 0.6) is 5.75 Å². The second kappa shape index (κ2) is 13.4. The molecule has 4 amide bonds. The molecule has 12 nitrogen and oxygen atoms in total. The topological polar surface area (TPSA) is 145 Å². The van der Waals surface area contributed by atoms with Crippen molar-refractivity contribution in [3.8, 4) is 5.75 Å². The Bertz CT molecular complexity index is 1380. The number of benzene rings is 2. The van der Waals surface area contributed by atoms with Crippen LogP contribution in [0, 0.1) is 0 Å². The molecule has 1 aromatic heterocycles. The molecule has 0 saturated carbocycles. The van der Waals surface area contributed by atoms with Crippen molar-refractivity contribution in [3.63, 3.8) is 0 Å². The lowest BCUT2D eigenvalue weighted by molar-refractivity contribution is -0.166. The Kier molecular flexibility index (Phi) is 9.76. The molecule has 1 saturated heterocycles. The zero-order valence-electron chi connectivity index (χ0n) is 23.1. The first-order valence-corrected chi connectivity index (χ1v) is 13.9. The highest BCUT2D eigenvalue weighted by Crippen LogP contribution is 2.29. The zero-order chi connectivity index (χ0) is 29.5. The van der Waals surface area contributed by atoms with Crippen LogP contribution in [0.3, 0.4) is 0 Å².